The van der Waals surface area contributed by atoms with Gasteiger partial charge in [0.2, 0.25) is 0 Å². The molecule has 0 saturated heterocycles. The molecule has 2 aromatic carbocycles. The Morgan fingerprint density at radius 3 is 2.85 bits per heavy atom. The van der Waals surface area contributed by atoms with E-state index >= 15 is 0 Å². The molecular weight excluding hydrogens is 370 g/mol. The molecule has 0 unspecified atom stereocenters. The molecule has 1 aromatic heterocycles. The summed E-state index contributed by atoms with van der Waals surface area (Å²) in [4.78, 5) is 12.5. The normalized spacial score (nSPS) is 10.5. The van der Waals surface area contributed by atoms with Crippen molar-refractivity contribution < 1.29 is 14.3 Å². The van der Waals surface area contributed by atoms with Gasteiger partial charge in [0.1, 0.15) is 6.33 Å². The molecule has 0 fully saturated rings. The van der Waals surface area contributed by atoms with Gasteiger partial charge in [0.15, 0.2) is 11.5 Å². The van der Waals surface area contributed by atoms with Crippen molar-refractivity contribution in [1.29, 1.82) is 0 Å². The second-order valence-corrected chi connectivity index (χ2v) is 5.94. The first-order chi connectivity index (χ1) is 13.1. The smallest absolute Gasteiger partial charge is 0.251 e. The molecular formula is C18H18ClN5O3. The van der Waals surface area contributed by atoms with Crippen LogP contribution in [-0.4, -0.2) is 39.8 Å². The van der Waals surface area contributed by atoms with Gasteiger partial charge in [0.25, 0.3) is 5.91 Å². The highest BCUT2D eigenvalue weighted by Gasteiger charge is 2.13. The minimum Gasteiger partial charge on any atom is -0.493 e. The summed E-state index contributed by atoms with van der Waals surface area (Å²) >= 11 is 6.26. The summed E-state index contributed by atoms with van der Waals surface area (Å²) in [5.74, 6) is 0.786. The summed E-state index contributed by atoms with van der Waals surface area (Å²) in [6, 6.07) is 10.5. The van der Waals surface area contributed by atoms with E-state index in [9.17, 15) is 4.79 Å². The number of halogens is 1. The molecule has 1 amide bonds. The van der Waals surface area contributed by atoms with Gasteiger partial charge in [-0.3, -0.25) is 4.79 Å². The van der Waals surface area contributed by atoms with Gasteiger partial charge in [-0.05, 0) is 53.2 Å². The number of hydrogen-bond donors (Lipinski definition) is 1. The number of amides is 1. The quantitative estimate of drug-likeness (QED) is 0.670. The lowest BCUT2D eigenvalue weighted by Gasteiger charge is -2.13. The molecule has 3 rings (SSSR count). The summed E-state index contributed by atoms with van der Waals surface area (Å²) in [5, 5.41) is 14.3. The van der Waals surface area contributed by atoms with Gasteiger partial charge in [-0.25, -0.2) is 4.68 Å². The lowest BCUT2D eigenvalue weighted by molar-refractivity contribution is 0.0951. The van der Waals surface area contributed by atoms with Crippen LogP contribution < -0.4 is 14.8 Å². The third-order valence-electron chi connectivity index (χ3n) is 3.75. The van der Waals surface area contributed by atoms with Crippen LogP contribution in [0.2, 0.25) is 5.02 Å². The van der Waals surface area contributed by atoms with Crippen molar-refractivity contribution in [2.75, 3.05) is 13.7 Å². The monoisotopic (exact) mass is 387 g/mol. The highest BCUT2D eigenvalue weighted by Crippen LogP contribution is 2.36. The van der Waals surface area contributed by atoms with Gasteiger partial charge in [0.05, 0.1) is 24.4 Å². The van der Waals surface area contributed by atoms with Gasteiger partial charge in [-0.1, -0.05) is 17.7 Å². The Morgan fingerprint density at radius 1 is 1.30 bits per heavy atom. The molecule has 0 spiro atoms. The largest absolute Gasteiger partial charge is 0.493 e. The van der Waals surface area contributed by atoms with E-state index in [2.05, 4.69) is 20.8 Å². The average Bonchev–Trinajstić information content (AvgIpc) is 3.23. The van der Waals surface area contributed by atoms with Crippen molar-refractivity contribution in [3.8, 4) is 17.2 Å². The number of nitrogens with one attached hydrogen (secondary N) is 1. The van der Waals surface area contributed by atoms with Crippen molar-refractivity contribution in [1.82, 2.24) is 25.5 Å². The predicted molar refractivity (Wildman–Crippen MR) is 99.5 cm³/mol. The van der Waals surface area contributed by atoms with Crippen LogP contribution in [0, 0.1) is 0 Å². The Morgan fingerprint density at radius 2 is 2.15 bits per heavy atom. The number of methoxy groups -OCH3 is 1. The molecule has 0 radical (unpaired) electrons. The number of ether oxygens (including phenoxy) is 2. The number of tetrazole rings is 1. The molecule has 27 heavy (non-hydrogen) atoms. The van der Waals surface area contributed by atoms with E-state index < -0.39 is 0 Å². The van der Waals surface area contributed by atoms with Crippen LogP contribution in [0.5, 0.6) is 11.5 Å². The van der Waals surface area contributed by atoms with Gasteiger partial charge >= 0.3 is 0 Å². The van der Waals surface area contributed by atoms with Crippen LogP contribution in [0.15, 0.2) is 42.7 Å². The summed E-state index contributed by atoms with van der Waals surface area (Å²) in [7, 11) is 1.54. The van der Waals surface area contributed by atoms with Crippen LogP contribution >= 0.6 is 11.6 Å². The van der Waals surface area contributed by atoms with Crippen LogP contribution in [0.25, 0.3) is 5.69 Å². The van der Waals surface area contributed by atoms with Gasteiger partial charge in [-0.2, -0.15) is 0 Å². The highest BCUT2D eigenvalue weighted by atomic mass is 35.5. The molecule has 3 aromatic rings. The van der Waals surface area contributed by atoms with E-state index in [1.54, 1.807) is 37.4 Å². The summed E-state index contributed by atoms with van der Waals surface area (Å²) in [6.07, 6.45) is 1.46. The van der Waals surface area contributed by atoms with Crippen molar-refractivity contribution in [3.05, 3.63) is 58.9 Å². The second-order valence-electron chi connectivity index (χ2n) is 5.53. The molecule has 0 saturated carbocycles. The summed E-state index contributed by atoms with van der Waals surface area (Å²) in [5.41, 5.74) is 1.98. The minimum absolute atomic E-state index is 0.228. The predicted octanol–water partition coefficient (Wildman–Crippen LogP) is 2.65. The SMILES string of the molecule is CCOc1c(Cl)cc(CNC(=O)c2cccc(-n3cnnn3)c2)cc1OC. The Bertz CT molecular complexity index is 931. The zero-order valence-corrected chi connectivity index (χ0v) is 15.6. The number of carbonyl (C=O) groups excluding carboxylic acids is 1. The number of aromatic nitrogens is 4. The van der Waals surface area contributed by atoms with Crippen molar-refractivity contribution >= 4 is 17.5 Å². The van der Waals surface area contributed by atoms with E-state index in [0.717, 1.165) is 5.56 Å². The molecule has 0 bridgehead atoms. The molecule has 0 atom stereocenters. The Hall–Kier alpha value is -3.13. The first-order valence-electron chi connectivity index (χ1n) is 8.23. The van der Waals surface area contributed by atoms with E-state index in [-0.39, 0.29) is 12.5 Å². The topological polar surface area (TPSA) is 91.2 Å². The second kappa shape index (κ2) is 8.50. The molecule has 140 valence electrons. The summed E-state index contributed by atoms with van der Waals surface area (Å²) in [6.45, 7) is 2.63. The van der Waals surface area contributed by atoms with Crippen LogP contribution in [0.4, 0.5) is 0 Å². The van der Waals surface area contributed by atoms with E-state index in [1.165, 1.54) is 11.0 Å². The number of carbonyl (C=O) groups is 1. The Kier molecular flexibility index (Phi) is 5.87. The van der Waals surface area contributed by atoms with Gasteiger partial charge in [-0.15, -0.1) is 5.10 Å². The number of hydrogen-bond acceptors (Lipinski definition) is 6. The average molecular weight is 388 g/mol. The first kappa shape index (κ1) is 18.7. The number of rotatable bonds is 7. The Balaban J connectivity index is 1.73. The van der Waals surface area contributed by atoms with Crippen molar-refractivity contribution in [3.63, 3.8) is 0 Å². The lowest BCUT2D eigenvalue weighted by Crippen LogP contribution is -2.23. The lowest BCUT2D eigenvalue weighted by atomic mass is 10.1. The molecule has 9 heteroatoms. The maximum Gasteiger partial charge on any atom is 0.251 e. The third-order valence-corrected chi connectivity index (χ3v) is 4.03. The molecule has 0 aliphatic carbocycles. The minimum atomic E-state index is -0.228. The molecule has 1 heterocycles. The first-order valence-corrected chi connectivity index (χ1v) is 8.61. The molecule has 0 aliphatic heterocycles. The van der Waals surface area contributed by atoms with Crippen LogP contribution in [0.1, 0.15) is 22.8 Å². The fourth-order valence-corrected chi connectivity index (χ4v) is 2.80. The zero-order valence-electron chi connectivity index (χ0n) is 14.8. The van der Waals surface area contributed by atoms with Crippen LogP contribution in [-0.2, 0) is 6.54 Å². The molecule has 0 aliphatic rings. The fraction of sp³-hybridized carbons (Fsp3) is 0.222. The van der Waals surface area contributed by atoms with Gasteiger partial charge < -0.3 is 14.8 Å². The zero-order chi connectivity index (χ0) is 19.2. The standard InChI is InChI=1S/C18H18ClN5O3/c1-3-27-17-15(19)7-12(8-16(17)26-2)10-20-18(25)13-5-4-6-14(9-13)24-11-21-22-23-24/h4-9,11H,3,10H2,1-2H3,(H,20,25). The number of benzene rings is 2. The fourth-order valence-electron chi connectivity index (χ4n) is 2.51. The molecule has 1 N–H and O–H groups in total. The van der Waals surface area contributed by atoms with Crippen molar-refractivity contribution in [2.45, 2.75) is 13.5 Å². The Labute approximate surface area is 161 Å². The van der Waals surface area contributed by atoms with E-state index in [4.69, 9.17) is 21.1 Å². The van der Waals surface area contributed by atoms with Crippen LogP contribution in [0.3, 0.4) is 0 Å². The molecule has 8 nitrogen and oxygen atoms in total. The van der Waals surface area contributed by atoms with Crippen molar-refractivity contribution in [2.24, 2.45) is 0 Å². The maximum atomic E-state index is 12.5. The summed E-state index contributed by atoms with van der Waals surface area (Å²) < 4.78 is 12.3. The number of nitrogens with zero attached hydrogens (tertiary/aromatic N) is 4. The van der Waals surface area contributed by atoms with E-state index in [0.29, 0.717) is 34.4 Å². The maximum absolute atomic E-state index is 12.5. The van der Waals surface area contributed by atoms with E-state index in [1.807, 2.05) is 13.0 Å². The van der Waals surface area contributed by atoms with Gasteiger partial charge in [0, 0.05) is 12.1 Å². The highest BCUT2D eigenvalue weighted by molar-refractivity contribution is 6.32. The third kappa shape index (κ3) is 4.35.